The van der Waals surface area contributed by atoms with Gasteiger partial charge in [0.2, 0.25) is 5.91 Å². The Morgan fingerprint density at radius 2 is 1.95 bits per heavy atom. The molecule has 1 saturated carbocycles. The third-order valence-corrected chi connectivity index (χ3v) is 5.77. The van der Waals surface area contributed by atoms with Crippen LogP contribution >= 0.6 is 0 Å². The number of hydrogen-bond donors (Lipinski definition) is 2. The number of carbonyl (C=O) groups excluding carboxylic acids is 1. The Morgan fingerprint density at radius 3 is 2.67 bits per heavy atom. The Hall–Kier alpha value is -0.610. The first-order chi connectivity index (χ1) is 10.3. The largest absolute Gasteiger partial charge is 0.341 e. The summed E-state index contributed by atoms with van der Waals surface area (Å²) in [7, 11) is 0. The fourth-order valence-electron chi connectivity index (χ4n) is 4.44. The van der Waals surface area contributed by atoms with Gasteiger partial charge in [0.25, 0.3) is 0 Å². The minimum Gasteiger partial charge on any atom is -0.341 e. The number of amides is 1. The predicted molar refractivity (Wildman–Crippen MR) is 85.1 cm³/mol. The van der Waals surface area contributed by atoms with Crippen LogP contribution in [0.3, 0.4) is 0 Å². The van der Waals surface area contributed by atoms with Gasteiger partial charge in [0, 0.05) is 19.1 Å². The Labute approximate surface area is 129 Å². The average Bonchev–Trinajstić information content (AvgIpc) is 2.96. The van der Waals surface area contributed by atoms with Crippen LogP contribution in [0.15, 0.2) is 0 Å². The lowest BCUT2D eigenvalue weighted by molar-refractivity contribution is -0.134. The molecular weight excluding hydrogens is 262 g/mol. The molecule has 3 fully saturated rings. The second kappa shape index (κ2) is 7.10. The van der Waals surface area contributed by atoms with Gasteiger partial charge in [-0.2, -0.15) is 0 Å². The van der Waals surface area contributed by atoms with E-state index in [4.69, 9.17) is 0 Å². The standard InChI is InChI=1S/C17H31N3O/c1-2-18-12-13-7-9-20(10-8-13)17(21)16-11-14-5-3-4-6-15(14)19-16/h13-16,18-19H,2-12H2,1H3. The zero-order valence-electron chi connectivity index (χ0n) is 13.4. The fourth-order valence-corrected chi connectivity index (χ4v) is 4.44. The summed E-state index contributed by atoms with van der Waals surface area (Å²) in [5, 5.41) is 7.07. The van der Waals surface area contributed by atoms with Crippen molar-refractivity contribution in [3.8, 4) is 0 Å². The number of likely N-dealkylation sites (tertiary alicyclic amines) is 1. The third kappa shape index (κ3) is 3.59. The first kappa shape index (κ1) is 15.3. The van der Waals surface area contributed by atoms with Crippen molar-refractivity contribution in [1.29, 1.82) is 0 Å². The number of piperidine rings is 1. The minimum atomic E-state index is 0.114. The molecule has 0 spiro atoms. The van der Waals surface area contributed by atoms with Crippen molar-refractivity contribution < 1.29 is 4.79 Å². The molecule has 2 N–H and O–H groups in total. The van der Waals surface area contributed by atoms with E-state index >= 15 is 0 Å². The van der Waals surface area contributed by atoms with E-state index in [9.17, 15) is 4.79 Å². The van der Waals surface area contributed by atoms with Crippen molar-refractivity contribution in [1.82, 2.24) is 15.5 Å². The van der Waals surface area contributed by atoms with Crippen LogP contribution in [-0.4, -0.2) is 49.1 Å². The molecule has 2 saturated heterocycles. The Bertz CT molecular complexity index is 338. The van der Waals surface area contributed by atoms with Crippen molar-refractivity contribution in [2.45, 2.75) is 64.0 Å². The van der Waals surface area contributed by atoms with E-state index < -0.39 is 0 Å². The normalized spacial score (nSPS) is 34.0. The molecule has 0 aromatic heterocycles. The lowest BCUT2D eigenvalue weighted by atomic mass is 9.85. The molecule has 3 rings (SSSR count). The molecule has 3 atom stereocenters. The van der Waals surface area contributed by atoms with E-state index in [0.717, 1.165) is 57.3 Å². The molecule has 3 aliphatic rings. The maximum Gasteiger partial charge on any atom is 0.239 e. The molecule has 4 nitrogen and oxygen atoms in total. The van der Waals surface area contributed by atoms with Crippen LogP contribution < -0.4 is 10.6 Å². The topological polar surface area (TPSA) is 44.4 Å². The van der Waals surface area contributed by atoms with E-state index in [1.807, 2.05) is 0 Å². The van der Waals surface area contributed by atoms with Crippen molar-refractivity contribution in [2.75, 3.05) is 26.2 Å². The van der Waals surface area contributed by atoms with E-state index in [1.54, 1.807) is 0 Å². The van der Waals surface area contributed by atoms with Crippen LogP contribution in [0.5, 0.6) is 0 Å². The summed E-state index contributed by atoms with van der Waals surface area (Å²) < 4.78 is 0. The van der Waals surface area contributed by atoms with E-state index in [2.05, 4.69) is 22.5 Å². The van der Waals surface area contributed by atoms with E-state index in [-0.39, 0.29) is 6.04 Å². The maximum absolute atomic E-state index is 12.7. The van der Waals surface area contributed by atoms with Gasteiger partial charge in [0.15, 0.2) is 0 Å². The number of hydrogen-bond acceptors (Lipinski definition) is 3. The minimum absolute atomic E-state index is 0.114. The second-order valence-corrected chi connectivity index (χ2v) is 7.18. The molecule has 4 heteroatoms. The van der Waals surface area contributed by atoms with Crippen LogP contribution in [0.25, 0.3) is 0 Å². The summed E-state index contributed by atoms with van der Waals surface area (Å²) in [4.78, 5) is 14.8. The molecule has 0 bridgehead atoms. The van der Waals surface area contributed by atoms with Gasteiger partial charge in [0.1, 0.15) is 0 Å². The van der Waals surface area contributed by atoms with Crippen molar-refractivity contribution in [3.63, 3.8) is 0 Å². The first-order valence-corrected chi connectivity index (χ1v) is 9.03. The number of nitrogens with one attached hydrogen (secondary N) is 2. The molecule has 0 radical (unpaired) electrons. The SMILES string of the molecule is CCNCC1CCN(C(=O)C2CC3CCCCC3N2)CC1. The smallest absolute Gasteiger partial charge is 0.239 e. The summed E-state index contributed by atoms with van der Waals surface area (Å²) in [6.45, 7) is 6.24. The zero-order chi connectivity index (χ0) is 14.7. The zero-order valence-corrected chi connectivity index (χ0v) is 13.4. The van der Waals surface area contributed by atoms with Gasteiger partial charge in [-0.1, -0.05) is 19.8 Å². The van der Waals surface area contributed by atoms with Gasteiger partial charge in [-0.05, 0) is 57.0 Å². The lowest BCUT2D eigenvalue weighted by Gasteiger charge is -2.33. The van der Waals surface area contributed by atoms with Crippen molar-refractivity contribution in [2.24, 2.45) is 11.8 Å². The molecule has 1 amide bonds. The molecule has 2 aliphatic heterocycles. The lowest BCUT2D eigenvalue weighted by Crippen LogP contribution is -2.48. The highest BCUT2D eigenvalue weighted by Gasteiger charge is 2.40. The van der Waals surface area contributed by atoms with Gasteiger partial charge in [-0.15, -0.1) is 0 Å². The fraction of sp³-hybridized carbons (Fsp3) is 0.941. The second-order valence-electron chi connectivity index (χ2n) is 7.18. The summed E-state index contributed by atoms with van der Waals surface area (Å²) >= 11 is 0. The van der Waals surface area contributed by atoms with Crippen LogP contribution in [-0.2, 0) is 4.79 Å². The number of rotatable bonds is 4. The Balaban J connectivity index is 1.46. The summed E-state index contributed by atoms with van der Waals surface area (Å²) in [5.41, 5.74) is 0. The number of nitrogens with zero attached hydrogens (tertiary/aromatic N) is 1. The Kier molecular flexibility index (Phi) is 5.17. The highest BCUT2D eigenvalue weighted by molar-refractivity contribution is 5.82. The summed E-state index contributed by atoms with van der Waals surface area (Å²) in [6, 6.07) is 0.738. The Morgan fingerprint density at radius 1 is 1.19 bits per heavy atom. The number of carbonyl (C=O) groups is 1. The highest BCUT2D eigenvalue weighted by atomic mass is 16.2. The molecule has 0 aromatic carbocycles. The van der Waals surface area contributed by atoms with E-state index in [1.165, 1.54) is 25.7 Å². The number of fused-ring (bicyclic) bond motifs is 1. The molecule has 120 valence electrons. The van der Waals surface area contributed by atoms with E-state index in [0.29, 0.717) is 11.9 Å². The third-order valence-electron chi connectivity index (χ3n) is 5.77. The highest BCUT2D eigenvalue weighted by Crippen LogP contribution is 2.34. The summed E-state index contributed by atoms with van der Waals surface area (Å²) in [5.74, 6) is 1.90. The van der Waals surface area contributed by atoms with Crippen LogP contribution in [0.1, 0.15) is 51.9 Å². The van der Waals surface area contributed by atoms with Crippen molar-refractivity contribution in [3.05, 3.63) is 0 Å². The molecular formula is C17H31N3O. The van der Waals surface area contributed by atoms with Gasteiger partial charge in [0.05, 0.1) is 6.04 Å². The van der Waals surface area contributed by atoms with Gasteiger partial charge < -0.3 is 15.5 Å². The van der Waals surface area contributed by atoms with Gasteiger partial charge in [-0.25, -0.2) is 0 Å². The maximum atomic E-state index is 12.7. The van der Waals surface area contributed by atoms with Crippen LogP contribution in [0, 0.1) is 11.8 Å². The molecule has 1 aliphatic carbocycles. The van der Waals surface area contributed by atoms with Crippen LogP contribution in [0.2, 0.25) is 0 Å². The quantitative estimate of drug-likeness (QED) is 0.830. The first-order valence-electron chi connectivity index (χ1n) is 9.03. The van der Waals surface area contributed by atoms with Crippen molar-refractivity contribution >= 4 is 5.91 Å². The van der Waals surface area contributed by atoms with Gasteiger partial charge in [-0.3, -0.25) is 4.79 Å². The predicted octanol–water partition coefficient (Wildman–Crippen LogP) is 1.76. The molecule has 21 heavy (non-hydrogen) atoms. The average molecular weight is 293 g/mol. The monoisotopic (exact) mass is 293 g/mol. The molecule has 3 unspecified atom stereocenters. The summed E-state index contributed by atoms with van der Waals surface area (Å²) in [6.07, 6.45) is 8.72. The molecule has 2 heterocycles. The van der Waals surface area contributed by atoms with Crippen LogP contribution in [0.4, 0.5) is 0 Å². The van der Waals surface area contributed by atoms with Gasteiger partial charge >= 0.3 is 0 Å². The molecule has 0 aromatic rings.